The smallest absolute Gasteiger partial charge is 0.137 e. The Morgan fingerprint density at radius 2 is 1.88 bits per heavy atom. The highest BCUT2D eigenvalue weighted by atomic mass is 19.1. The molecule has 4 heteroatoms. The second-order valence-corrected chi connectivity index (χ2v) is 4.17. The standard InChI is InChI=1S/C12H17FN2O/c13-11-1-3-12(4-2-11)16-10-9-15-7-5-14-6-8-15/h1-4,14H,5-10H2/p+2. The second kappa shape index (κ2) is 5.82. The van der Waals surface area contributed by atoms with Gasteiger partial charge in [0.2, 0.25) is 0 Å². The molecule has 1 heterocycles. The first-order chi connectivity index (χ1) is 7.84. The van der Waals surface area contributed by atoms with Crippen LogP contribution in [0.3, 0.4) is 0 Å². The Bertz CT molecular complexity index is 309. The highest BCUT2D eigenvalue weighted by Crippen LogP contribution is 2.10. The molecule has 1 fully saturated rings. The molecule has 0 amide bonds. The first-order valence-corrected chi connectivity index (χ1v) is 5.88. The largest absolute Gasteiger partial charge is 0.488 e. The fourth-order valence-electron chi connectivity index (χ4n) is 1.98. The van der Waals surface area contributed by atoms with Crippen LogP contribution in [0.2, 0.25) is 0 Å². The summed E-state index contributed by atoms with van der Waals surface area (Å²) in [7, 11) is 0. The molecule has 16 heavy (non-hydrogen) atoms. The van der Waals surface area contributed by atoms with Gasteiger partial charge in [0.25, 0.3) is 0 Å². The topological polar surface area (TPSA) is 30.3 Å². The Morgan fingerprint density at radius 1 is 1.19 bits per heavy atom. The van der Waals surface area contributed by atoms with Crippen molar-refractivity contribution in [2.75, 3.05) is 39.3 Å². The molecule has 1 aromatic carbocycles. The summed E-state index contributed by atoms with van der Waals surface area (Å²) < 4.78 is 18.2. The first kappa shape index (κ1) is 11.4. The molecule has 3 nitrogen and oxygen atoms in total. The molecule has 0 atom stereocenters. The van der Waals surface area contributed by atoms with Crippen LogP contribution in [0.4, 0.5) is 4.39 Å². The van der Waals surface area contributed by atoms with Crippen LogP contribution in [-0.4, -0.2) is 39.3 Å². The van der Waals surface area contributed by atoms with Crippen molar-refractivity contribution in [3.8, 4) is 5.75 Å². The second-order valence-electron chi connectivity index (χ2n) is 4.17. The molecule has 1 aromatic rings. The van der Waals surface area contributed by atoms with E-state index < -0.39 is 0 Å². The van der Waals surface area contributed by atoms with Crippen LogP contribution in [0.25, 0.3) is 0 Å². The van der Waals surface area contributed by atoms with E-state index in [1.807, 2.05) is 0 Å². The van der Waals surface area contributed by atoms with Crippen molar-refractivity contribution in [1.82, 2.24) is 0 Å². The summed E-state index contributed by atoms with van der Waals surface area (Å²) in [6, 6.07) is 6.21. The maximum atomic E-state index is 12.6. The van der Waals surface area contributed by atoms with Crippen molar-refractivity contribution in [3.05, 3.63) is 30.1 Å². The number of nitrogens with one attached hydrogen (secondary N) is 1. The molecular weight excluding hydrogens is 207 g/mol. The van der Waals surface area contributed by atoms with Crippen molar-refractivity contribution in [2.24, 2.45) is 0 Å². The van der Waals surface area contributed by atoms with Gasteiger partial charge in [-0.1, -0.05) is 0 Å². The SMILES string of the molecule is Fc1ccc(OCC[NH+]2CC[NH2+]CC2)cc1. The molecule has 88 valence electrons. The minimum Gasteiger partial charge on any atom is -0.488 e. The average Bonchev–Trinajstić information content (AvgIpc) is 2.33. The summed E-state index contributed by atoms with van der Waals surface area (Å²) in [6.07, 6.45) is 0. The molecule has 0 spiro atoms. The molecule has 0 radical (unpaired) electrons. The quantitative estimate of drug-likeness (QED) is 0.654. The van der Waals surface area contributed by atoms with Crippen LogP contribution in [-0.2, 0) is 0 Å². The van der Waals surface area contributed by atoms with E-state index >= 15 is 0 Å². The van der Waals surface area contributed by atoms with Gasteiger partial charge in [0.1, 0.15) is 50.9 Å². The molecule has 0 aliphatic carbocycles. The summed E-state index contributed by atoms with van der Waals surface area (Å²) in [4.78, 5) is 1.60. The number of quaternary nitrogens is 2. The summed E-state index contributed by atoms with van der Waals surface area (Å²) in [5.74, 6) is 0.536. The summed E-state index contributed by atoms with van der Waals surface area (Å²) in [5.41, 5.74) is 0. The van der Waals surface area contributed by atoms with Crippen LogP contribution in [0.15, 0.2) is 24.3 Å². The molecule has 0 aromatic heterocycles. The van der Waals surface area contributed by atoms with E-state index in [-0.39, 0.29) is 5.82 Å². The monoisotopic (exact) mass is 226 g/mol. The predicted octanol–water partition coefficient (Wildman–Crippen LogP) is -1.33. The Hall–Kier alpha value is -1.13. The fourth-order valence-corrected chi connectivity index (χ4v) is 1.98. The van der Waals surface area contributed by atoms with Crippen molar-refractivity contribution in [3.63, 3.8) is 0 Å². The molecule has 3 N–H and O–H groups in total. The highest BCUT2D eigenvalue weighted by Gasteiger charge is 2.14. The van der Waals surface area contributed by atoms with E-state index in [0.717, 1.165) is 12.3 Å². The number of rotatable bonds is 4. The minimum absolute atomic E-state index is 0.218. The summed E-state index contributed by atoms with van der Waals surface area (Å²) in [6.45, 7) is 6.60. The van der Waals surface area contributed by atoms with Gasteiger partial charge < -0.3 is 15.0 Å². The first-order valence-electron chi connectivity index (χ1n) is 5.88. The van der Waals surface area contributed by atoms with E-state index in [1.165, 1.54) is 38.3 Å². The van der Waals surface area contributed by atoms with Gasteiger partial charge in [0.15, 0.2) is 0 Å². The lowest BCUT2D eigenvalue weighted by Gasteiger charge is -2.22. The third-order valence-corrected chi connectivity index (χ3v) is 2.94. The zero-order valence-electron chi connectivity index (χ0n) is 9.42. The number of piperazine rings is 1. The van der Waals surface area contributed by atoms with Gasteiger partial charge in [-0.25, -0.2) is 4.39 Å². The Kier molecular flexibility index (Phi) is 4.13. The van der Waals surface area contributed by atoms with Crippen LogP contribution in [0, 0.1) is 5.82 Å². The Balaban J connectivity index is 1.69. The third kappa shape index (κ3) is 3.47. The van der Waals surface area contributed by atoms with Crippen molar-refractivity contribution < 1.29 is 19.3 Å². The van der Waals surface area contributed by atoms with Gasteiger partial charge >= 0.3 is 0 Å². The average molecular weight is 226 g/mol. The van der Waals surface area contributed by atoms with Gasteiger partial charge in [-0.3, -0.25) is 0 Å². The van der Waals surface area contributed by atoms with E-state index in [1.54, 1.807) is 17.0 Å². The summed E-state index contributed by atoms with van der Waals surface area (Å²) in [5, 5.41) is 2.35. The zero-order valence-corrected chi connectivity index (χ0v) is 9.42. The number of hydrogen-bond acceptors (Lipinski definition) is 1. The Labute approximate surface area is 95.2 Å². The van der Waals surface area contributed by atoms with Crippen molar-refractivity contribution >= 4 is 0 Å². The van der Waals surface area contributed by atoms with Gasteiger partial charge in [-0.2, -0.15) is 0 Å². The maximum absolute atomic E-state index is 12.6. The van der Waals surface area contributed by atoms with Gasteiger partial charge in [0.05, 0.1) is 0 Å². The van der Waals surface area contributed by atoms with Crippen LogP contribution >= 0.6 is 0 Å². The van der Waals surface area contributed by atoms with Crippen molar-refractivity contribution in [1.29, 1.82) is 0 Å². The number of ether oxygens (including phenoxy) is 1. The number of halogens is 1. The minimum atomic E-state index is -0.218. The van der Waals surface area contributed by atoms with Gasteiger partial charge in [-0.05, 0) is 24.3 Å². The molecule has 1 aliphatic heterocycles. The van der Waals surface area contributed by atoms with Gasteiger partial charge in [-0.15, -0.1) is 0 Å². The molecular formula is C12H19FN2O+2. The lowest BCUT2D eigenvalue weighted by molar-refractivity contribution is -0.946. The highest BCUT2D eigenvalue weighted by molar-refractivity contribution is 5.21. The number of nitrogens with two attached hydrogens (primary N) is 1. The van der Waals surface area contributed by atoms with Crippen LogP contribution in [0.5, 0.6) is 5.75 Å². The molecule has 0 unspecified atom stereocenters. The lowest BCUT2D eigenvalue weighted by Crippen LogP contribution is -3.20. The van der Waals surface area contributed by atoms with Crippen molar-refractivity contribution in [2.45, 2.75) is 0 Å². The molecule has 1 aliphatic rings. The molecule has 0 saturated carbocycles. The molecule has 1 saturated heterocycles. The zero-order chi connectivity index (χ0) is 11.2. The van der Waals surface area contributed by atoms with Crippen LogP contribution < -0.4 is 15.0 Å². The van der Waals surface area contributed by atoms with Crippen LogP contribution in [0.1, 0.15) is 0 Å². The van der Waals surface area contributed by atoms with Gasteiger partial charge in [0, 0.05) is 0 Å². The number of hydrogen-bond donors (Lipinski definition) is 2. The molecule has 2 rings (SSSR count). The normalized spacial score (nSPS) is 17.3. The van der Waals surface area contributed by atoms with E-state index in [4.69, 9.17) is 4.74 Å². The van der Waals surface area contributed by atoms with E-state index in [9.17, 15) is 4.39 Å². The maximum Gasteiger partial charge on any atom is 0.137 e. The van der Waals surface area contributed by atoms with E-state index in [0.29, 0.717) is 6.61 Å². The molecule has 0 bridgehead atoms. The number of benzene rings is 1. The van der Waals surface area contributed by atoms with E-state index in [2.05, 4.69) is 5.32 Å². The Morgan fingerprint density at radius 3 is 2.56 bits per heavy atom. The third-order valence-electron chi connectivity index (χ3n) is 2.94. The lowest BCUT2D eigenvalue weighted by atomic mass is 10.3. The predicted molar refractivity (Wildman–Crippen MR) is 59.1 cm³/mol. The fraction of sp³-hybridized carbons (Fsp3) is 0.500. The summed E-state index contributed by atoms with van der Waals surface area (Å²) >= 11 is 0.